The van der Waals surface area contributed by atoms with E-state index in [1.54, 1.807) is 47.4 Å². The SMILES string of the molecule is COc1ccc(C)cc1C(=O)N1CCN(S(=O)(=O)c2ccccc2)CC1. The Balaban J connectivity index is 1.73. The summed E-state index contributed by atoms with van der Waals surface area (Å²) in [7, 11) is -1.99. The molecule has 1 aliphatic rings. The largest absolute Gasteiger partial charge is 0.496 e. The average molecular weight is 374 g/mol. The molecule has 1 fully saturated rings. The van der Waals surface area contributed by atoms with Gasteiger partial charge < -0.3 is 9.64 Å². The first-order chi connectivity index (χ1) is 12.4. The normalized spacial score (nSPS) is 15.7. The Labute approximate surface area is 154 Å². The molecule has 138 valence electrons. The van der Waals surface area contributed by atoms with Gasteiger partial charge in [0.25, 0.3) is 5.91 Å². The summed E-state index contributed by atoms with van der Waals surface area (Å²) in [4.78, 5) is 14.8. The summed E-state index contributed by atoms with van der Waals surface area (Å²) in [5.74, 6) is 0.391. The Bertz CT molecular complexity index is 889. The van der Waals surface area contributed by atoms with Gasteiger partial charge in [-0.3, -0.25) is 4.79 Å². The lowest BCUT2D eigenvalue weighted by atomic mass is 10.1. The van der Waals surface area contributed by atoms with Crippen LogP contribution in [0.5, 0.6) is 5.75 Å². The number of piperazine rings is 1. The molecule has 1 saturated heterocycles. The van der Waals surface area contributed by atoms with Gasteiger partial charge in [-0.2, -0.15) is 4.31 Å². The third kappa shape index (κ3) is 3.59. The van der Waals surface area contributed by atoms with Crippen LogP contribution in [0.4, 0.5) is 0 Å². The summed E-state index contributed by atoms with van der Waals surface area (Å²) in [6, 6.07) is 13.8. The predicted molar refractivity (Wildman–Crippen MR) is 98.8 cm³/mol. The molecule has 0 spiro atoms. The van der Waals surface area contributed by atoms with Gasteiger partial charge in [-0.1, -0.05) is 29.8 Å². The van der Waals surface area contributed by atoms with Crippen molar-refractivity contribution in [1.82, 2.24) is 9.21 Å². The third-order valence-corrected chi connectivity index (χ3v) is 6.41. The fraction of sp³-hybridized carbons (Fsp3) is 0.316. The number of benzene rings is 2. The number of amides is 1. The molecule has 7 heteroatoms. The maximum atomic E-state index is 12.8. The highest BCUT2D eigenvalue weighted by Gasteiger charge is 2.31. The molecule has 0 radical (unpaired) electrons. The third-order valence-electron chi connectivity index (χ3n) is 4.49. The summed E-state index contributed by atoms with van der Waals surface area (Å²) >= 11 is 0. The second kappa shape index (κ2) is 7.47. The van der Waals surface area contributed by atoms with Gasteiger partial charge in [-0.15, -0.1) is 0 Å². The minimum absolute atomic E-state index is 0.137. The molecule has 1 aliphatic heterocycles. The predicted octanol–water partition coefficient (Wildman–Crippen LogP) is 2.15. The van der Waals surface area contributed by atoms with E-state index in [0.717, 1.165) is 5.56 Å². The number of rotatable bonds is 4. The highest BCUT2D eigenvalue weighted by Crippen LogP contribution is 2.23. The van der Waals surface area contributed by atoms with E-state index in [2.05, 4.69) is 0 Å². The minimum Gasteiger partial charge on any atom is -0.496 e. The van der Waals surface area contributed by atoms with Crippen molar-refractivity contribution in [3.05, 3.63) is 59.7 Å². The average Bonchev–Trinajstić information content (AvgIpc) is 2.68. The Morgan fingerprint density at radius 3 is 2.27 bits per heavy atom. The van der Waals surface area contributed by atoms with E-state index < -0.39 is 10.0 Å². The first-order valence-corrected chi connectivity index (χ1v) is 9.86. The van der Waals surface area contributed by atoms with Crippen molar-refractivity contribution in [3.8, 4) is 5.75 Å². The molecular weight excluding hydrogens is 352 g/mol. The van der Waals surface area contributed by atoms with E-state index in [1.165, 1.54) is 11.4 Å². The van der Waals surface area contributed by atoms with Gasteiger partial charge in [0.1, 0.15) is 5.75 Å². The molecule has 1 amide bonds. The number of carbonyl (C=O) groups excluding carboxylic acids is 1. The molecule has 0 bridgehead atoms. The molecule has 3 rings (SSSR count). The van der Waals surface area contributed by atoms with E-state index in [1.807, 2.05) is 13.0 Å². The first kappa shape index (κ1) is 18.4. The monoisotopic (exact) mass is 374 g/mol. The summed E-state index contributed by atoms with van der Waals surface area (Å²) in [6.07, 6.45) is 0. The van der Waals surface area contributed by atoms with E-state index in [-0.39, 0.29) is 23.9 Å². The Kier molecular flexibility index (Phi) is 5.29. The fourth-order valence-corrected chi connectivity index (χ4v) is 4.48. The van der Waals surface area contributed by atoms with Gasteiger partial charge in [-0.25, -0.2) is 8.42 Å². The molecule has 26 heavy (non-hydrogen) atoms. The van der Waals surface area contributed by atoms with Crippen LogP contribution in [-0.2, 0) is 10.0 Å². The molecule has 0 saturated carbocycles. The topological polar surface area (TPSA) is 66.9 Å². The summed E-state index contributed by atoms with van der Waals surface area (Å²) in [6.45, 7) is 3.17. The number of methoxy groups -OCH3 is 1. The zero-order chi connectivity index (χ0) is 18.7. The van der Waals surface area contributed by atoms with Gasteiger partial charge >= 0.3 is 0 Å². The maximum Gasteiger partial charge on any atom is 0.257 e. The van der Waals surface area contributed by atoms with Gasteiger partial charge in [-0.05, 0) is 31.2 Å². The second-order valence-corrected chi connectivity index (χ2v) is 8.15. The zero-order valence-corrected chi connectivity index (χ0v) is 15.7. The standard InChI is InChI=1S/C19H22N2O4S/c1-15-8-9-18(25-2)17(14-15)19(22)20-10-12-21(13-11-20)26(23,24)16-6-4-3-5-7-16/h3-9,14H,10-13H2,1-2H3. The van der Waals surface area contributed by atoms with Crippen molar-refractivity contribution < 1.29 is 17.9 Å². The summed E-state index contributed by atoms with van der Waals surface area (Å²) < 4.78 is 32.1. The van der Waals surface area contributed by atoms with Crippen molar-refractivity contribution in [3.63, 3.8) is 0 Å². The summed E-state index contributed by atoms with van der Waals surface area (Å²) in [5, 5.41) is 0. The zero-order valence-electron chi connectivity index (χ0n) is 14.9. The lowest BCUT2D eigenvalue weighted by Crippen LogP contribution is -2.50. The quantitative estimate of drug-likeness (QED) is 0.822. The summed E-state index contributed by atoms with van der Waals surface area (Å²) in [5.41, 5.74) is 1.48. The molecule has 0 aliphatic carbocycles. The lowest BCUT2D eigenvalue weighted by molar-refractivity contribution is 0.0694. The van der Waals surface area contributed by atoms with Crippen LogP contribution in [0.1, 0.15) is 15.9 Å². The van der Waals surface area contributed by atoms with Crippen LogP contribution >= 0.6 is 0 Å². The molecule has 6 nitrogen and oxygen atoms in total. The smallest absolute Gasteiger partial charge is 0.257 e. The van der Waals surface area contributed by atoms with Gasteiger partial charge in [0.05, 0.1) is 17.6 Å². The van der Waals surface area contributed by atoms with Crippen LogP contribution in [0, 0.1) is 6.92 Å². The Hall–Kier alpha value is -2.38. The Morgan fingerprint density at radius 2 is 1.65 bits per heavy atom. The molecule has 2 aromatic rings. The van der Waals surface area contributed by atoms with Crippen LogP contribution in [0.2, 0.25) is 0 Å². The van der Waals surface area contributed by atoms with Crippen molar-refractivity contribution in [1.29, 1.82) is 0 Å². The van der Waals surface area contributed by atoms with E-state index in [0.29, 0.717) is 24.4 Å². The van der Waals surface area contributed by atoms with Gasteiger partial charge in [0, 0.05) is 26.2 Å². The second-order valence-electron chi connectivity index (χ2n) is 6.21. The van der Waals surface area contributed by atoms with Crippen LogP contribution in [0.3, 0.4) is 0 Å². The van der Waals surface area contributed by atoms with Crippen molar-refractivity contribution in [2.24, 2.45) is 0 Å². The molecule has 1 heterocycles. The molecular formula is C19H22N2O4S. The highest BCUT2D eigenvalue weighted by molar-refractivity contribution is 7.89. The van der Waals surface area contributed by atoms with Crippen molar-refractivity contribution >= 4 is 15.9 Å². The lowest BCUT2D eigenvalue weighted by Gasteiger charge is -2.34. The van der Waals surface area contributed by atoms with Gasteiger partial charge in [0.2, 0.25) is 10.0 Å². The molecule has 0 aromatic heterocycles. The number of carbonyl (C=O) groups is 1. The number of sulfonamides is 1. The van der Waals surface area contributed by atoms with Gasteiger partial charge in [0.15, 0.2) is 0 Å². The van der Waals surface area contributed by atoms with E-state index in [9.17, 15) is 13.2 Å². The number of ether oxygens (including phenoxy) is 1. The molecule has 0 N–H and O–H groups in total. The molecule has 0 unspecified atom stereocenters. The van der Waals surface area contributed by atoms with Crippen molar-refractivity contribution in [2.75, 3.05) is 33.3 Å². The first-order valence-electron chi connectivity index (χ1n) is 8.42. The fourth-order valence-electron chi connectivity index (χ4n) is 3.03. The number of hydrogen-bond acceptors (Lipinski definition) is 4. The van der Waals surface area contributed by atoms with E-state index in [4.69, 9.17) is 4.74 Å². The van der Waals surface area contributed by atoms with E-state index >= 15 is 0 Å². The van der Waals surface area contributed by atoms with Crippen LogP contribution in [0.15, 0.2) is 53.4 Å². The van der Waals surface area contributed by atoms with Crippen LogP contribution in [0.25, 0.3) is 0 Å². The number of nitrogens with zero attached hydrogens (tertiary/aromatic N) is 2. The maximum absolute atomic E-state index is 12.8. The van der Waals surface area contributed by atoms with Crippen LogP contribution in [-0.4, -0.2) is 56.8 Å². The number of aryl methyl sites for hydroxylation is 1. The molecule has 0 atom stereocenters. The minimum atomic E-state index is -3.52. The van der Waals surface area contributed by atoms with Crippen LogP contribution < -0.4 is 4.74 Å². The highest BCUT2D eigenvalue weighted by atomic mass is 32.2. The number of hydrogen-bond donors (Lipinski definition) is 0. The van der Waals surface area contributed by atoms with Crippen molar-refractivity contribution in [2.45, 2.75) is 11.8 Å². The Morgan fingerprint density at radius 1 is 1.00 bits per heavy atom. The molecule has 2 aromatic carbocycles.